The summed E-state index contributed by atoms with van der Waals surface area (Å²) in [5.74, 6) is 4.11. The van der Waals surface area contributed by atoms with Crippen LogP contribution in [0.1, 0.15) is 74.5 Å². The third-order valence-electron chi connectivity index (χ3n) is 11.8. The third kappa shape index (κ3) is 5.70. The lowest BCUT2D eigenvalue weighted by atomic mass is 9.64. The zero-order valence-electron chi connectivity index (χ0n) is 27.8. The largest absolute Gasteiger partial charge is 0.375 e. The molecule has 9 rings (SSSR count). The van der Waals surface area contributed by atoms with E-state index in [1.54, 1.807) is 5.57 Å². The fourth-order valence-corrected chi connectivity index (χ4v) is 9.31. The van der Waals surface area contributed by atoms with Gasteiger partial charge in [-0.25, -0.2) is 9.98 Å². The van der Waals surface area contributed by atoms with Crippen molar-refractivity contribution in [1.29, 1.82) is 0 Å². The molecule has 0 saturated carbocycles. The highest BCUT2D eigenvalue weighted by atomic mass is 15.2. The van der Waals surface area contributed by atoms with Gasteiger partial charge in [0.2, 0.25) is 0 Å². The zero-order chi connectivity index (χ0) is 31.9. The van der Waals surface area contributed by atoms with Crippen molar-refractivity contribution < 1.29 is 0 Å². The van der Waals surface area contributed by atoms with Crippen LogP contribution in [-0.4, -0.2) is 23.9 Å². The van der Waals surface area contributed by atoms with Gasteiger partial charge in [-0.05, 0) is 121 Å². The van der Waals surface area contributed by atoms with Crippen molar-refractivity contribution in [2.75, 3.05) is 0 Å². The average molecular weight is 631 g/mol. The fourth-order valence-electron chi connectivity index (χ4n) is 9.31. The molecule has 0 fully saturated rings. The minimum absolute atomic E-state index is 0.191. The summed E-state index contributed by atoms with van der Waals surface area (Å²) in [6.07, 6.45) is 32.8. The predicted octanol–water partition coefficient (Wildman–Crippen LogP) is 9.18. The van der Waals surface area contributed by atoms with Crippen molar-refractivity contribution in [1.82, 2.24) is 10.6 Å². The molecule has 4 nitrogen and oxygen atoms in total. The topological polar surface area (TPSA) is 48.8 Å². The molecular formula is C44H46N4. The number of aryl methyl sites for hydroxylation is 1. The minimum atomic E-state index is -0.191. The highest BCUT2D eigenvalue weighted by Crippen LogP contribution is 2.49. The molecule has 5 aliphatic carbocycles. The molecule has 0 saturated heterocycles. The maximum absolute atomic E-state index is 5.37. The van der Waals surface area contributed by atoms with Gasteiger partial charge < -0.3 is 10.6 Å². The quantitative estimate of drug-likeness (QED) is 0.324. The Balaban J connectivity index is 1.06. The second-order valence-electron chi connectivity index (χ2n) is 14.7. The van der Waals surface area contributed by atoms with Crippen molar-refractivity contribution in [3.8, 4) is 0 Å². The molecular weight excluding hydrogens is 585 g/mol. The SMILES string of the molecule is C1=CC(C2N=C(c3ccccc3)NC(C3CC=C(C4=CC=C5CCC=CC5N4)C(C4CC=C5c6ccccc6CCC5C4)C3)=N2)=CCC1. The maximum Gasteiger partial charge on any atom is 0.169 e. The van der Waals surface area contributed by atoms with Crippen LogP contribution < -0.4 is 10.6 Å². The lowest BCUT2D eigenvalue weighted by Crippen LogP contribution is -2.44. The van der Waals surface area contributed by atoms with E-state index < -0.39 is 0 Å². The van der Waals surface area contributed by atoms with Crippen LogP contribution >= 0.6 is 0 Å². The number of hydrogen-bond acceptors (Lipinski definition) is 4. The molecule has 48 heavy (non-hydrogen) atoms. The van der Waals surface area contributed by atoms with Crippen LogP contribution in [0, 0.1) is 23.7 Å². The fraction of sp³-hybridized carbons (Fsp3) is 0.364. The Morgan fingerprint density at radius 3 is 2.54 bits per heavy atom. The molecule has 242 valence electrons. The molecule has 2 N–H and O–H groups in total. The standard InChI is InChI=1S/C44H46N4/c1-3-13-31(14-4-1)42-46-43(32-15-5-2-6-16-32)48-44(47-42)35-22-25-38(41-26-23-30-12-8-10-18-40(30)45-41)39(28-35)34-21-24-37-33(27-34)20-19-29-11-7-9-17-36(29)37/h1,3-5,7,9-11,13-18,23-26,33-35,39-40,43,45H,2,6,8,12,19-22,27-28H2,(H,46,47,48). The Morgan fingerprint density at radius 1 is 0.729 bits per heavy atom. The number of hydrogen-bond donors (Lipinski definition) is 2. The molecule has 2 heterocycles. The molecule has 7 aliphatic rings. The van der Waals surface area contributed by atoms with Crippen molar-refractivity contribution in [2.24, 2.45) is 33.7 Å². The van der Waals surface area contributed by atoms with E-state index >= 15 is 0 Å². The predicted molar refractivity (Wildman–Crippen MR) is 199 cm³/mol. The number of dihydropyridines is 1. The van der Waals surface area contributed by atoms with Crippen molar-refractivity contribution in [2.45, 2.75) is 76.4 Å². The first-order chi connectivity index (χ1) is 23.8. The van der Waals surface area contributed by atoms with Crippen LogP contribution in [0.15, 0.2) is 142 Å². The van der Waals surface area contributed by atoms with Crippen LogP contribution in [-0.2, 0) is 6.42 Å². The molecule has 2 aromatic carbocycles. The van der Waals surface area contributed by atoms with Gasteiger partial charge in [-0.15, -0.1) is 0 Å². The summed E-state index contributed by atoms with van der Waals surface area (Å²) in [5.41, 5.74) is 11.4. The van der Waals surface area contributed by atoms with Crippen LogP contribution in [0.2, 0.25) is 0 Å². The second kappa shape index (κ2) is 12.9. The van der Waals surface area contributed by atoms with Crippen LogP contribution in [0.4, 0.5) is 0 Å². The van der Waals surface area contributed by atoms with E-state index in [-0.39, 0.29) is 6.17 Å². The number of rotatable bonds is 5. The van der Waals surface area contributed by atoms with E-state index in [1.165, 1.54) is 52.8 Å². The van der Waals surface area contributed by atoms with Crippen molar-refractivity contribution >= 4 is 17.2 Å². The number of fused-ring (bicyclic) bond motifs is 4. The highest BCUT2D eigenvalue weighted by molar-refractivity contribution is 6.11. The second-order valence-corrected chi connectivity index (χ2v) is 14.7. The summed E-state index contributed by atoms with van der Waals surface area (Å²) in [6, 6.07) is 20.1. The molecule has 0 spiro atoms. The molecule has 6 unspecified atom stereocenters. The van der Waals surface area contributed by atoms with E-state index in [0.29, 0.717) is 29.7 Å². The van der Waals surface area contributed by atoms with Gasteiger partial charge in [0.1, 0.15) is 11.7 Å². The van der Waals surface area contributed by atoms with E-state index in [4.69, 9.17) is 9.98 Å². The summed E-state index contributed by atoms with van der Waals surface area (Å²) in [6.45, 7) is 0. The first kappa shape index (κ1) is 29.7. The van der Waals surface area contributed by atoms with Gasteiger partial charge in [0.25, 0.3) is 0 Å². The zero-order valence-corrected chi connectivity index (χ0v) is 27.8. The molecule has 6 atom stereocenters. The van der Waals surface area contributed by atoms with Gasteiger partial charge in [0.15, 0.2) is 6.17 Å². The first-order valence-corrected chi connectivity index (χ1v) is 18.4. The smallest absolute Gasteiger partial charge is 0.169 e. The number of allylic oxidation sites excluding steroid dienone is 9. The summed E-state index contributed by atoms with van der Waals surface area (Å²) in [5, 5.41) is 7.76. The molecule has 2 aromatic rings. The number of amidine groups is 2. The van der Waals surface area contributed by atoms with Crippen molar-refractivity contribution in [3.05, 3.63) is 148 Å². The number of nitrogens with zero attached hydrogens (tertiary/aromatic N) is 2. The van der Waals surface area contributed by atoms with E-state index in [0.717, 1.165) is 62.2 Å². The summed E-state index contributed by atoms with van der Waals surface area (Å²) in [4.78, 5) is 10.5. The Labute approximate surface area is 285 Å². The Hall–Kier alpha value is -4.44. The van der Waals surface area contributed by atoms with Gasteiger partial charge >= 0.3 is 0 Å². The van der Waals surface area contributed by atoms with Gasteiger partial charge in [0.05, 0.1) is 6.04 Å². The van der Waals surface area contributed by atoms with E-state index in [9.17, 15) is 0 Å². The Morgan fingerprint density at radius 2 is 1.62 bits per heavy atom. The molecule has 0 radical (unpaired) electrons. The van der Waals surface area contributed by atoms with Crippen LogP contribution in [0.25, 0.3) is 5.57 Å². The highest BCUT2D eigenvalue weighted by Gasteiger charge is 2.40. The van der Waals surface area contributed by atoms with Crippen LogP contribution in [0.3, 0.4) is 0 Å². The summed E-state index contributed by atoms with van der Waals surface area (Å²) < 4.78 is 0. The molecule has 2 aliphatic heterocycles. The van der Waals surface area contributed by atoms with E-state index in [1.807, 2.05) is 0 Å². The monoisotopic (exact) mass is 630 g/mol. The normalized spacial score (nSPS) is 30.7. The van der Waals surface area contributed by atoms with Crippen LogP contribution in [0.5, 0.6) is 0 Å². The van der Waals surface area contributed by atoms with Gasteiger partial charge in [0, 0.05) is 17.2 Å². The molecule has 0 bridgehead atoms. The number of nitrogens with one attached hydrogen (secondary N) is 2. The summed E-state index contributed by atoms with van der Waals surface area (Å²) in [7, 11) is 0. The lowest BCUT2D eigenvalue weighted by molar-refractivity contribution is 0.266. The van der Waals surface area contributed by atoms with E-state index in [2.05, 4.69) is 120 Å². The lowest BCUT2D eigenvalue weighted by Gasteiger charge is -2.43. The number of benzene rings is 2. The Bertz CT molecular complexity index is 1860. The first-order valence-electron chi connectivity index (χ1n) is 18.4. The third-order valence-corrected chi connectivity index (χ3v) is 11.8. The molecule has 4 heteroatoms. The maximum atomic E-state index is 5.37. The van der Waals surface area contributed by atoms with Gasteiger partial charge in [-0.1, -0.05) is 103 Å². The average Bonchev–Trinajstić information content (AvgIpc) is 3.17. The minimum Gasteiger partial charge on any atom is -0.375 e. The molecule has 0 amide bonds. The summed E-state index contributed by atoms with van der Waals surface area (Å²) >= 11 is 0. The van der Waals surface area contributed by atoms with Crippen molar-refractivity contribution in [3.63, 3.8) is 0 Å². The Kier molecular flexibility index (Phi) is 7.96. The molecule has 0 aromatic heterocycles. The van der Waals surface area contributed by atoms with Gasteiger partial charge in [-0.3, -0.25) is 0 Å². The number of aliphatic imine (C=N–C) groups is 2. The van der Waals surface area contributed by atoms with Gasteiger partial charge in [-0.2, -0.15) is 0 Å².